The largest absolute Gasteiger partial charge is 0.301 e. The van der Waals surface area contributed by atoms with Crippen molar-refractivity contribution < 1.29 is 0 Å². The summed E-state index contributed by atoms with van der Waals surface area (Å²) in [5, 5.41) is 0. The maximum atomic E-state index is 4.36. The van der Waals surface area contributed by atoms with E-state index in [9.17, 15) is 0 Å². The van der Waals surface area contributed by atoms with Gasteiger partial charge in [0.15, 0.2) is 0 Å². The van der Waals surface area contributed by atoms with Crippen LogP contribution in [0.1, 0.15) is 26.5 Å². The van der Waals surface area contributed by atoms with E-state index in [2.05, 4.69) is 33.8 Å². The predicted molar refractivity (Wildman–Crippen MR) is 73.0 cm³/mol. The van der Waals surface area contributed by atoms with Gasteiger partial charge in [-0.15, -0.1) is 0 Å². The Bertz CT molecular complexity index is 279. The minimum absolute atomic E-state index is 0.998. The molecule has 0 aromatic carbocycles. The summed E-state index contributed by atoms with van der Waals surface area (Å²) >= 11 is 0. The van der Waals surface area contributed by atoms with E-state index in [1.807, 2.05) is 26.1 Å². The van der Waals surface area contributed by atoms with Gasteiger partial charge in [-0.3, -0.25) is 9.88 Å². The molecule has 0 amide bonds. The molecule has 0 radical (unpaired) electrons. The van der Waals surface area contributed by atoms with Crippen LogP contribution in [0.4, 0.5) is 0 Å². The zero-order valence-electron chi connectivity index (χ0n) is 11.4. The maximum Gasteiger partial charge on any atom is 0.0543 e. The Morgan fingerprint density at radius 3 is 2.24 bits per heavy atom. The van der Waals surface area contributed by atoms with Crippen LogP contribution in [-0.2, 0) is 6.54 Å². The van der Waals surface area contributed by atoms with Gasteiger partial charge in [0.05, 0.1) is 5.69 Å². The SMILES string of the molecule is CC.CCN1CCN(Cc2ccccn2)CC1. The molecule has 96 valence electrons. The van der Waals surface area contributed by atoms with Crippen molar-refractivity contribution in [3.8, 4) is 0 Å². The highest BCUT2D eigenvalue weighted by Gasteiger charge is 2.15. The Hall–Kier alpha value is -0.930. The fourth-order valence-corrected chi connectivity index (χ4v) is 1.98. The Kier molecular flexibility index (Phi) is 6.82. The lowest BCUT2D eigenvalue weighted by Crippen LogP contribution is -2.45. The normalized spacial score (nSPS) is 17.4. The molecule has 0 spiro atoms. The van der Waals surface area contributed by atoms with Gasteiger partial charge >= 0.3 is 0 Å². The first kappa shape index (κ1) is 14.1. The molecular weight excluding hydrogens is 210 g/mol. The van der Waals surface area contributed by atoms with Gasteiger partial charge < -0.3 is 4.90 Å². The molecule has 0 saturated carbocycles. The molecule has 3 heteroatoms. The summed E-state index contributed by atoms with van der Waals surface area (Å²) in [6, 6.07) is 6.13. The summed E-state index contributed by atoms with van der Waals surface area (Å²) in [6.07, 6.45) is 1.87. The first-order chi connectivity index (χ1) is 8.38. The maximum absolute atomic E-state index is 4.36. The number of hydrogen-bond acceptors (Lipinski definition) is 3. The Morgan fingerprint density at radius 2 is 1.71 bits per heavy atom. The summed E-state index contributed by atoms with van der Waals surface area (Å²) in [6.45, 7) is 13.1. The molecule has 1 aromatic rings. The Labute approximate surface area is 105 Å². The summed E-state index contributed by atoms with van der Waals surface area (Å²) in [4.78, 5) is 9.33. The van der Waals surface area contributed by atoms with Crippen LogP contribution in [0, 0.1) is 0 Å². The lowest BCUT2D eigenvalue weighted by molar-refractivity contribution is 0.131. The number of piperazine rings is 1. The van der Waals surface area contributed by atoms with E-state index >= 15 is 0 Å². The molecule has 2 heterocycles. The molecule has 2 rings (SSSR count). The predicted octanol–water partition coefficient (Wildman–Crippen LogP) is 2.25. The van der Waals surface area contributed by atoms with Gasteiger partial charge in [-0.1, -0.05) is 26.8 Å². The second-order valence-electron chi connectivity index (χ2n) is 4.03. The highest BCUT2D eigenvalue weighted by Crippen LogP contribution is 2.05. The second-order valence-corrected chi connectivity index (χ2v) is 4.03. The molecular formula is C14H25N3. The number of likely N-dealkylation sites (N-methyl/N-ethyl adjacent to an activating group) is 1. The highest BCUT2D eigenvalue weighted by molar-refractivity contribution is 5.03. The van der Waals surface area contributed by atoms with E-state index < -0.39 is 0 Å². The van der Waals surface area contributed by atoms with Gasteiger partial charge in [0.25, 0.3) is 0 Å². The van der Waals surface area contributed by atoms with Crippen LogP contribution in [0.2, 0.25) is 0 Å². The monoisotopic (exact) mass is 235 g/mol. The molecule has 1 saturated heterocycles. The standard InChI is InChI=1S/C12H19N3.C2H6/c1-2-14-7-9-15(10-8-14)11-12-5-3-4-6-13-12;1-2/h3-6H,2,7-11H2,1H3;1-2H3. The van der Waals surface area contributed by atoms with E-state index in [1.54, 1.807) is 0 Å². The van der Waals surface area contributed by atoms with Crippen LogP contribution < -0.4 is 0 Å². The molecule has 0 bridgehead atoms. The van der Waals surface area contributed by atoms with Gasteiger partial charge in [0.1, 0.15) is 0 Å². The van der Waals surface area contributed by atoms with Gasteiger partial charge in [0, 0.05) is 38.9 Å². The third-order valence-electron chi connectivity index (χ3n) is 3.02. The molecule has 0 unspecified atom stereocenters. The minimum Gasteiger partial charge on any atom is -0.301 e. The average Bonchev–Trinajstić information content (AvgIpc) is 2.43. The molecule has 1 fully saturated rings. The van der Waals surface area contributed by atoms with E-state index in [0.29, 0.717) is 0 Å². The fourth-order valence-electron chi connectivity index (χ4n) is 1.98. The van der Waals surface area contributed by atoms with Crippen molar-refractivity contribution >= 4 is 0 Å². The third kappa shape index (κ3) is 4.84. The number of nitrogens with zero attached hydrogens (tertiary/aromatic N) is 3. The summed E-state index contributed by atoms with van der Waals surface area (Å²) < 4.78 is 0. The first-order valence-corrected chi connectivity index (χ1v) is 6.73. The molecule has 0 N–H and O–H groups in total. The molecule has 17 heavy (non-hydrogen) atoms. The molecule has 1 aliphatic rings. The Morgan fingerprint density at radius 1 is 1.06 bits per heavy atom. The number of hydrogen-bond donors (Lipinski definition) is 0. The zero-order chi connectivity index (χ0) is 12.5. The van der Waals surface area contributed by atoms with Gasteiger partial charge in [-0.05, 0) is 18.7 Å². The van der Waals surface area contributed by atoms with Crippen molar-refractivity contribution in [2.75, 3.05) is 32.7 Å². The molecule has 0 atom stereocenters. The topological polar surface area (TPSA) is 19.4 Å². The van der Waals surface area contributed by atoms with Crippen molar-refractivity contribution in [3.63, 3.8) is 0 Å². The van der Waals surface area contributed by atoms with E-state index in [1.165, 1.54) is 38.4 Å². The van der Waals surface area contributed by atoms with E-state index in [-0.39, 0.29) is 0 Å². The number of rotatable bonds is 3. The summed E-state index contributed by atoms with van der Waals surface area (Å²) in [7, 11) is 0. The van der Waals surface area contributed by atoms with Crippen LogP contribution >= 0.6 is 0 Å². The van der Waals surface area contributed by atoms with Gasteiger partial charge in [-0.2, -0.15) is 0 Å². The quantitative estimate of drug-likeness (QED) is 0.801. The molecule has 1 aromatic heterocycles. The number of pyridine rings is 1. The van der Waals surface area contributed by atoms with Crippen LogP contribution in [0.5, 0.6) is 0 Å². The van der Waals surface area contributed by atoms with Crippen molar-refractivity contribution in [3.05, 3.63) is 30.1 Å². The highest BCUT2D eigenvalue weighted by atomic mass is 15.3. The average molecular weight is 235 g/mol. The van der Waals surface area contributed by atoms with E-state index in [0.717, 1.165) is 6.54 Å². The van der Waals surface area contributed by atoms with E-state index in [4.69, 9.17) is 0 Å². The van der Waals surface area contributed by atoms with Crippen molar-refractivity contribution in [1.82, 2.24) is 14.8 Å². The third-order valence-corrected chi connectivity index (χ3v) is 3.02. The van der Waals surface area contributed by atoms with Gasteiger partial charge in [0.2, 0.25) is 0 Å². The van der Waals surface area contributed by atoms with Crippen molar-refractivity contribution in [1.29, 1.82) is 0 Å². The molecule has 0 aliphatic carbocycles. The van der Waals surface area contributed by atoms with Crippen molar-refractivity contribution in [2.24, 2.45) is 0 Å². The fraction of sp³-hybridized carbons (Fsp3) is 0.643. The zero-order valence-corrected chi connectivity index (χ0v) is 11.4. The van der Waals surface area contributed by atoms with Gasteiger partial charge in [-0.25, -0.2) is 0 Å². The lowest BCUT2D eigenvalue weighted by atomic mass is 10.2. The van der Waals surface area contributed by atoms with Crippen LogP contribution in [0.3, 0.4) is 0 Å². The van der Waals surface area contributed by atoms with Crippen molar-refractivity contribution in [2.45, 2.75) is 27.3 Å². The lowest BCUT2D eigenvalue weighted by Gasteiger charge is -2.33. The van der Waals surface area contributed by atoms with Crippen LogP contribution in [0.15, 0.2) is 24.4 Å². The van der Waals surface area contributed by atoms with Crippen LogP contribution in [0.25, 0.3) is 0 Å². The Balaban J connectivity index is 0.000000686. The first-order valence-electron chi connectivity index (χ1n) is 6.73. The minimum atomic E-state index is 0.998. The smallest absolute Gasteiger partial charge is 0.0543 e. The summed E-state index contributed by atoms with van der Waals surface area (Å²) in [5.41, 5.74) is 1.18. The second kappa shape index (κ2) is 8.20. The number of aromatic nitrogens is 1. The molecule has 1 aliphatic heterocycles. The van der Waals surface area contributed by atoms with Crippen LogP contribution in [-0.4, -0.2) is 47.5 Å². The molecule has 3 nitrogen and oxygen atoms in total. The summed E-state index contributed by atoms with van der Waals surface area (Å²) in [5.74, 6) is 0.